The Morgan fingerprint density at radius 1 is 1.22 bits per heavy atom. The number of hydrogen-bond donors (Lipinski definition) is 2. The van der Waals surface area contributed by atoms with Gasteiger partial charge in [0.2, 0.25) is 5.91 Å². The fourth-order valence-corrected chi connectivity index (χ4v) is 3.37. The van der Waals surface area contributed by atoms with Gasteiger partial charge in [0.05, 0.1) is 25.2 Å². The number of carbonyl (C=O) groups is 3. The second-order valence-corrected chi connectivity index (χ2v) is 8.95. The molecule has 0 radical (unpaired) electrons. The molecule has 1 aliphatic heterocycles. The first-order valence-corrected chi connectivity index (χ1v) is 11.4. The van der Waals surface area contributed by atoms with E-state index in [0.29, 0.717) is 49.5 Å². The lowest BCUT2D eigenvalue weighted by atomic mass is 10.1. The predicted molar refractivity (Wildman–Crippen MR) is 125 cm³/mol. The van der Waals surface area contributed by atoms with E-state index >= 15 is 0 Å². The van der Waals surface area contributed by atoms with Crippen LogP contribution in [-0.2, 0) is 14.3 Å². The van der Waals surface area contributed by atoms with E-state index in [9.17, 15) is 14.4 Å². The molecule has 2 rings (SSSR count). The van der Waals surface area contributed by atoms with Gasteiger partial charge in [0.1, 0.15) is 11.8 Å². The zero-order valence-electron chi connectivity index (χ0n) is 19.2. The van der Waals surface area contributed by atoms with Gasteiger partial charge < -0.3 is 19.7 Å². The molecule has 1 aromatic carbocycles. The zero-order chi connectivity index (χ0) is 23.7. The summed E-state index contributed by atoms with van der Waals surface area (Å²) in [4.78, 5) is 39.1. The SMILES string of the molecule is CC(C)CCOC(=O)CC1C(=O)NCCN1C(=S)NC(=O)c1ccccc1OCC(C)C. The van der Waals surface area contributed by atoms with Crippen LogP contribution in [0.2, 0.25) is 0 Å². The highest BCUT2D eigenvalue weighted by molar-refractivity contribution is 7.80. The van der Waals surface area contributed by atoms with Crippen LogP contribution in [0, 0.1) is 11.8 Å². The Bertz CT molecular complexity index is 828. The third-order valence-electron chi connectivity index (χ3n) is 4.83. The summed E-state index contributed by atoms with van der Waals surface area (Å²) in [5.74, 6) is -0.0529. The van der Waals surface area contributed by atoms with Crippen molar-refractivity contribution in [2.24, 2.45) is 11.8 Å². The number of carbonyl (C=O) groups excluding carboxylic acids is 3. The Labute approximate surface area is 195 Å². The van der Waals surface area contributed by atoms with E-state index in [1.807, 2.05) is 27.7 Å². The Kier molecular flexibility index (Phi) is 9.90. The third-order valence-corrected chi connectivity index (χ3v) is 5.17. The van der Waals surface area contributed by atoms with E-state index in [1.165, 1.54) is 0 Å². The number of rotatable bonds is 9. The molecule has 1 aliphatic rings. The van der Waals surface area contributed by atoms with Gasteiger partial charge in [0.25, 0.3) is 5.91 Å². The summed E-state index contributed by atoms with van der Waals surface area (Å²) in [6.07, 6.45) is 0.604. The summed E-state index contributed by atoms with van der Waals surface area (Å²) in [5.41, 5.74) is 0.349. The van der Waals surface area contributed by atoms with Gasteiger partial charge in [-0.3, -0.25) is 19.7 Å². The van der Waals surface area contributed by atoms with Crippen molar-refractivity contribution < 1.29 is 23.9 Å². The minimum absolute atomic E-state index is 0.0866. The van der Waals surface area contributed by atoms with Crippen LogP contribution >= 0.6 is 12.2 Å². The summed E-state index contributed by atoms with van der Waals surface area (Å²) in [6.45, 7) is 9.64. The summed E-state index contributed by atoms with van der Waals surface area (Å²) < 4.78 is 11.0. The number of nitrogens with zero attached hydrogens (tertiary/aromatic N) is 1. The monoisotopic (exact) mass is 463 g/mol. The van der Waals surface area contributed by atoms with E-state index in [4.69, 9.17) is 21.7 Å². The predicted octanol–water partition coefficient (Wildman–Crippen LogP) is 2.52. The standard InChI is InChI=1S/C23H33N3O5S/c1-15(2)9-12-30-20(27)13-18-22(29)24-10-11-26(18)23(32)25-21(28)17-7-5-6-8-19(17)31-14-16(3)4/h5-8,15-16,18H,9-14H2,1-4H3,(H,24,29)(H,25,28,32). The van der Waals surface area contributed by atoms with Crippen molar-refractivity contribution in [3.63, 3.8) is 0 Å². The van der Waals surface area contributed by atoms with Crippen molar-refractivity contribution in [2.75, 3.05) is 26.3 Å². The second-order valence-electron chi connectivity index (χ2n) is 8.57. The number of thiocarbonyl (C=S) groups is 1. The third kappa shape index (κ3) is 7.78. The number of para-hydroxylation sites is 1. The molecule has 32 heavy (non-hydrogen) atoms. The van der Waals surface area contributed by atoms with E-state index in [0.717, 1.165) is 6.42 Å². The molecule has 1 saturated heterocycles. The molecule has 176 valence electrons. The summed E-state index contributed by atoms with van der Waals surface area (Å²) in [7, 11) is 0. The lowest BCUT2D eigenvalue weighted by Gasteiger charge is -2.36. The highest BCUT2D eigenvalue weighted by Gasteiger charge is 2.34. The number of hydrogen-bond acceptors (Lipinski definition) is 6. The molecule has 1 aromatic rings. The number of ether oxygens (including phenoxy) is 2. The Morgan fingerprint density at radius 2 is 1.94 bits per heavy atom. The number of esters is 1. The topological polar surface area (TPSA) is 97.0 Å². The highest BCUT2D eigenvalue weighted by Crippen LogP contribution is 2.19. The lowest BCUT2D eigenvalue weighted by Crippen LogP contribution is -2.60. The van der Waals surface area contributed by atoms with Crippen molar-refractivity contribution in [3.8, 4) is 5.75 Å². The average Bonchev–Trinajstić information content (AvgIpc) is 2.73. The van der Waals surface area contributed by atoms with Crippen molar-refractivity contribution >= 4 is 35.1 Å². The maximum atomic E-state index is 12.9. The van der Waals surface area contributed by atoms with Gasteiger partial charge in [-0.25, -0.2) is 0 Å². The second kappa shape index (κ2) is 12.4. The summed E-state index contributed by atoms with van der Waals surface area (Å²) >= 11 is 5.43. The molecule has 0 bridgehead atoms. The Hall–Kier alpha value is -2.68. The van der Waals surface area contributed by atoms with E-state index in [2.05, 4.69) is 10.6 Å². The first-order valence-electron chi connectivity index (χ1n) is 11.0. The molecular weight excluding hydrogens is 430 g/mol. The van der Waals surface area contributed by atoms with Crippen LogP contribution in [0.25, 0.3) is 0 Å². The van der Waals surface area contributed by atoms with E-state index < -0.39 is 17.9 Å². The fourth-order valence-electron chi connectivity index (χ4n) is 3.06. The number of piperazine rings is 1. The van der Waals surface area contributed by atoms with Crippen molar-refractivity contribution in [1.29, 1.82) is 0 Å². The Morgan fingerprint density at radius 3 is 2.62 bits per heavy atom. The minimum Gasteiger partial charge on any atom is -0.492 e. The van der Waals surface area contributed by atoms with Gasteiger partial charge in [-0.1, -0.05) is 39.8 Å². The molecular formula is C23H33N3O5S. The van der Waals surface area contributed by atoms with Crippen LogP contribution in [-0.4, -0.2) is 60.1 Å². The van der Waals surface area contributed by atoms with Crippen LogP contribution in [0.3, 0.4) is 0 Å². The van der Waals surface area contributed by atoms with Crippen molar-refractivity contribution in [2.45, 2.75) is 46.6 Å². The lowest BCUT2D eigenvalue weighted by molar-refractivity contribution is -0.147. The van der Waals surface area contributed by atoms with Gasteiger partial charge in [-0.2, -0.15) is 0 Å². The van der Waals surface area contributed by atoms with Gasteiger partial charge in [-0.15, -0.1) is 0 Å². The average molecular weight is 464 g/mol. The number of benzene rings is 1. The molecule has 0 saturated carbocycles. The van der Waals surface area contributed by atoms with Crippen molar-refractivity contribution in [3.05, 3.63) is 29.8 Å². The van der Waals surface area contributed by atoms with Crippen LogP contribution in [0.1, 0.15) is 50.9 Å². The van der Waals surface area contributed by atoms with Crippen LogP contribution < -0.4 is 15.4 Å². The Balaban J connectivity index is 2.04. The van der Waals surface area contributed by atoms with Gasteiger partial charge >= 0.3 is 5.97 Å². The first kappa shape index (κ1) is 25.6. The number of amides is 2. The molecule has 0 aliphatic carbocycles. The molecule has 2 N–H and O–H groups in total. The smallest absolute Gasteiger partial charge is 0.308 e. The van der Waals surface area contributed by atoms with Gasteiger partial charge in [-0.05, 0) is 42.6 Å². The van der Waals surface area contributed by atoms with Gasteiger partial charge in [0.15, 0.2) is 5.11 Å². The largest absolute Gasteiger partial charge is 0.492 e. The molecule has 9 heteroatoms. The first-order chi connectivity index (χ1) is 15.2. The molecule has 8 nitrogen and oxygen atoms in total. The maximum absolute atomic E-state index is 12.9. The summed E-state index contributed by atoms with van der Waals surface area (Å²) in [6, 6.07) is 6.08. The van der Waals surface area contributed by atoms with Crippen molar-refractivity contribution in [1.82, 2.24) is 15.5 Å². The van der Waals surface area contributed by atoms with E-state index in [1.54, 1.807) is 29.2 Å². The molecule has 1 unspecified atom stereocenters. The van der Waals surface area contributed by atoms with E-state index in [-0.39, 0.29) is 17.4 Å². The van der Waals surface area contributed by atoms with Crippen LogP contribution in [0.15, 0.2) is 24.3 Å². The van der Waals surface area contributed by atoms with Crippen LogP contribution in [0.4, 0.5) is 0 Å². The molecule has 1 heterocycles. The fraction of sp³-hybridized carbons (Fsp3) is 0.565. The minimum atomic E-state index is -0.837. The maximum Gasteiger partial charge on any atom is 0.308 e. The van der Waals surface area contributed by atoms with Gasteiger partial charge in [0, 0.05) is 13.1 Å². The normalized spacial score (nSPS) is 16.0. The number of nitrogens with one attached hydrogen (secondary N) is 2. The molecule has 0 aromatic heterocycles. The summed E-state index contributed by atoms with van der Waals surface area (Å²) in [5, 5.41) is 5.51. The quantitative estimate of drug-likeness (QED) is 0.429. The molecule has 1 fully saturated rings. The molecule has 1 atom stereocenters. The highest BCUT2D eigenvalue weighted by atomic mass is 32.1. The molecule has 0 spiro atoms. The molecule has 2 amide bonds. The van der Waals surface area contributed by atoms with Crippen LogP contribution in [0.5, 0.6) is 5.75 Å². The zero-order valence-corrected chi connectivity index (χ0v) is 20.0.